The van der Waals surface area contributed by atoms with Gasteiger partial charge in [0.15, 0.2) is 5.82 Å². The van der Waals surface area contributed by atoms with Gasteiger partial charge >= 0.3 is 5.97 Å². The maximum Gasteiger partial charge on any atom is 0.337 e. The van der Waals surface area contributed by atoms with Gasteiger partial charge in [-0.25, -0.2) is 9.78 Å². The summed E-state index contributed by atoms with van der Waals surface area (Å²) in [5.41, 5.74) is 6.63. The van der Waals surface area contributed by atoms with Crippen molar-refractivity contribution in [2.75, 3.05) is 11.1 Å². The summed E-state index contributed by atoms with van der Waals surface area (Å²) in [6.07, 6.45) is 1.40. The van der Waals surface area contributed by atoms with Gasteiger partial charge in [0.05, 0.1) is 16.9 Å². The Kier molecular flexibility index (Phi) is 4.06. The number of benzene rings is 1. The third-order valence-electron chi connectivity index (χ3n) is 2.43. The van der Waals surface area contributed by atoms with Gasteiger partial charge in [-0.05, 0) is 50.1 Å². The van der Waals surface area contributed by atoms with Crippen molar-refractivity contribution in [1.29, 1.82) is 0 Å². The van der Waals surface area contributed by atoms with E-state index in [-0.39, 0.29) is 11.3 Å². The molecule has 0 aliphatic heterocycles. The number of anilines is 3. The molecule has 0 radical (unpaired) electrons. The van der Waals surface area contributed by atoms with Crippen LogP contribution in [0.5, 0.6) is 0 Å². The second-order valence-corrected chi connectivity index (χ2v) is 5.36. The van der Waals surface area contributed by atoms with Crippen LogP contribution in [0.2, 0.25) is 0 Å². The van der Waals surface area contributed by atoms with E-state index in [0.717, 1.165) is 14.6 Å². The van der Waals surface area contributed by atoms with Gasteiger partial charge in [-0.1, -0.05) is 6.07 Å². The van der Waals surface area contributed by atoms with Crippen LogP contribution in [0, 0.1) is 0 Å². The van der Waals surface area contributed by atoms with E-state index in [1.54, 1.807) is 0 Å². The predicted molar refractivity (Wildman–Crippen MR) is 80.7 cm³/mol. The number of aromatic nitrogens is 1. The second-order valence-electron chi connectivity index (χ2n) is 3.65. The first-order valence-electron chi connectivity index (χ1n) is 5.19. The highest BCUT2D eigenvalue weighted by atomic mass is 79.9. The molecule has 5 nitrogen and oxygen atoms in total. The van der Waals surface area contributed by atoms with Crippen molar-refractivity contribution >= 4 is 55.0 Å². The van der Waals surface area contributed by atoms with Crippen molar-refractivity contribution in [2.45, 2.75) is 0 Å². The Labute approximate surface area is 126 Å². The van der Waals surface area contributed by atoms with Crippen LogP contribution in [-0.4, -0.2) is 16.1 Å². The summed E-state index contributed by atoms with van der Waals surface area (Å²) in [6.45, 7) is 0. The Morgan fingerprint density at radius 2 is 1.89 bits per heavy atom. The van der Waals surface area contributed by atoms with Gasteiger partial charge in [0.25, 0.3) is 0 Å². The molecule has 0 fully saturated rings. The number of halogens is 2. The van der Waals surface area contributed by atoms with Crippen LogP contribution in [-0.2, 0) is 0 Å². The zero-order valence-electron chi connectivity index (χ0n) is 9.52. The van der Waals surface area contributed by atoms with E-state index in [0.29, 0.717) is 5.82 Å². The van der Waals surface area contributed by atoms with E-state index in [1.807, 2.05) is 18.2 Å². The van der Waals surface area contributed by atoms with E-state index < -0.39 is 5.97 Å². The molecule has 2 aromatic rings. The Morgan fingerprint density at radius 3 is 2.47 bits per heavy atom. The van der Waals surface area contributed by atoms with Gasteiger partial charge in [0, 0.05) is 15.1 Å². The largest absolute Gasteiger partial charge is 0.478 e. The van der Waals surface area contributed by atoms with E-state index >= 15 is 0 Å². The average molecular weight is 387 g/mol. The molecule has 1 heterocycles. The molecule has 0 atom stereocenters. The smallest absolute Gasteiger partial charge is 0.337 e. The quantitative estimate of drug-likeness (QED) is 0.749. The number of para-hydroxylation sites is 1. The van der Waals surface area contributed by atoms with Crippen LogP contribution in [0.25, 0.3) is 0 Å². The first-order valence-corrected chi connectivity index (χ1v) is 6.78. The fourth-order valence-electron chi connectivity index (χ4n) is 1.49. The molecule has 0 aliphatic carbocycles. The van der Waals surface area contributed by atoms with Crippen molar-refractivity contribution in [3.8, 4) is 0 Å². The standard InChI is InChI=1S/C12H9Br2N3O2/c13-7-2-1-3-8(14)10(7)17-11-9(15)6(12(18)19)4-5-16-11/h1-5H,15H2,(H,16,17)(H,18,19). The maximum absolute atomic E-state index is 11.0. The molecule has 2 rings (SSSR count). The number of carbonyl (C=O) groups is 1. The highest BCUT2D eigenvalue weighted by molar-refractivity contribution is 9.11. The number of rotatable bonds is 3. The number of carboxylic acids is 1. The predicted octanol–water partition coefficient (Wildman–Crippen LogP) is 3.63. The molecule has 0 spiro atoms. The summed E-state index contributed by atoms with van der Waals surface area (Å²) < 4.78 is 1.62. The Morgan fingerprint density at radius 1 is 1.26 bits per heavy atom. The fraction of sp³-hybridized carbons (Fsp3) is 0. The van der Waals surface area contributed by atoms with E-state index in [9.17, 15) is 4.79 Å². The van der Waals surface area contributed by atoms with Crippen molar-refractivity contribution in [1.82, 2.24) is 4.98 Å². The molecule has 0 unspecified atom stereocenters. The highest BCUT2D eigenvalue weighted by Crippen LogP contribution is 2.34. The number of pyridine rings is 1. The van der Waals surface area contributed by atoms with Crippen LogP contribution >= 0.6 is 31.9 Å². The Bertz CT molecular complexity index is 627. The molecule has 0 bridgehead atoms. The molecule has 7 heteroatoms. The fourth-order valence-corrected chi connectivity index (χ4v) is 2.69. The maximum atomic E-state index is 11.0. The van der Waals surface area contributed by atoms with Gasteiger partial charge < -0.3 is 16.2 Å². The molecule has 98 valence electrons. The number of hydrogen-bond acceptors (Lipinski definition) is 4. The zero-order valence-corrected chi connectivity index (χ0v) is 12.7. The number of nitrogens with one attached hydrogen (secondary N) is 1. The normalized spacial score (nSPS) is 10.2. The van der Waals surface area contributed by atoms with Crippen LogP contribution in [0.3, 0.4) is 0 Å². The molecule has 0 saturated carbocycles. The van der Waals surface area contributed by atoms with Gasteiger partial charge in [0.2, 0.25) is 0 Å². The lowest BCUT2D eigenvalue weighted by Gasteiger charge is -2.12. The Balaban J connectivity index is 2.45. The van der Waals surface area contributed by atoms with Crippen molar-refractivity contribution < 1.29 is 9.90 Å². The van der Waals surface area contributed by atoms with Crippen LogP contribution in [0.15, 0.2) is 39.4 Å². The Hall–Kier alpha value is -1.60. The topological polar surface area (TPSA) is 88.2 Å². The molecular formula is C12H9Br2N3O2. The van der Waals surface area contributed by atoms with Gasteiger partial charge in [-0.3, -0.25) is 0 Å². The van der Waals surface area contributed by atoms with Crippen LogP contribution < -0.4 is 11.1 Å². The van der Waals surface area contributed by atoms with Crippen molar-refractivity contribution in [2.24, 2.45) is 0 Å². The van der Waals surface area contributed by atoms with Crippen LogP contribution in [0.1, 0.15) is 10.4 Å². The number of carboxylic acid groups (broad SMARTS) is 1. The number of aromatic carboxylic acids is 1. The highest BCUT2D eigenvalue weighted by Gasteiger charge is 2.14. The first kappa shape index (κ1) is 13.8. The van der Waals surface area contributed by atoms with Gasteiger partial charge in [0.1, 0.15) is 0 Å². The number of nitrogens with zero attached hydrogens (tertiary/aromatic N) is 1. The molecule has 0 amide bonds. The third-order valence-corrected chi connectivity index (χ3v) is 3.75. The SMILES string of the molecule is Nc1c(C(=O)O)ccnc1Nc1c(Br)cccc1Br. The summed E-state index contributed by atoms with van der Waals surface area (Å²) in [5, 5.41) is 12.0. The molecule has 19 heavy (non-hydrogen) atoms. The van der Waals surface area contributed by atoms with E-state index in [1.165, 1.54) is 12.3 Å². The third kappa shape index (κ3) is 2.87. The summed E-state index contributed by atoms with van der Waals surface area (Å²) in [5.74, 6) is -0.790. The lowest BCUT2D eigenvalue weighted by atomic mass is 10.2. The molecular weight excluding hydrogens is 378 g/mol. The minimum Gasteiger partial charge on any atom is -0.478 e. The number of hydrogen-bond donors (Lipinski definition) is 3. The molecule has 1 aromatic heterocycles. The summed E-state index contributed by atoms with van der Waals surface area (Å²) in [4.78, 5) is 15.1. The van der Waals surface area contributed by atoms with Gasteiger partial charge in [-0.15, -0.1) is 0 Å². The molecule has 4 N–H and O–H groups in total. The second kappa shape index (κ2) is 5.58. The molecule has 0 aliphatic rings. The minimum atomic E-state index is -1.09. The molecule has 1 aromatic carbocycles. The lowest BCUT2D eigenvalue weighted by molar-refractivity contribution is 0.0698. The monoisotopic (exact) mass is 385 g/mol. The van der Waals surface area contributed by atoms with Crippen molar-refractivity contribution in [3.63, 3.8) is 0 Å². The average Bonchev–Trinajstić information content (AvgIpc) is 2.35. The summed E-state index contributed by atoms with van der Waals surface area (Å²) >= 11 is 6.80. The van der Waals surface area contributed by atoms with Gasteiger partial charge in [-0.2, -0.15) is 0 Å². The zero-order chi connectivity index (χ0) is 14.0. The minimum absolute atomic E-state index is 0.0145. The van der Waals surface area contributed by atoms with E-state index in [2.05, 4.69) is 42.2 Å². The van der Waals surface area contributed by atoms with Crippen LogP contribution in [0.4, 0.5) is 17.2 Å². The number of nitrogen functional groups attached to an aromatic ring is 1. The summed E-state index contributed by atoms with van der Waals surface area (Å²) in [6, 6.07) is 6.93. The summed E-state index contributed by atoms with van der Waals surface area (Å²) in [7, 11) is 0. The lowest BCUT2D eigenvalue weighted by Crippen LogP contribution is -2.07. The number of nitrogens with two attached hydrogens (primary N) is 1. The van der Waals surface area contributed by atoms with E-state index in [4.69, 9.17) is 10.8 Å². The van der Waals surface area contributed by atoms with Crippen molar-refractivity contribution in [3.05, 3.63) is 45.0 Å². The molecule has 0 saturated heterocycles. The first-order chi connectivity index (χ1) is 9.00.